The molecule has 0 spiro atoms. The average Bonchev–Trinajstić information content (AvgIpc) is 3.66. The molecule has 0 saturated carbocycles. The first-order valence-electron chi connectivity index (χ1n) is 18.0. The molecule has 7 rings (SSSR count). The van der Waals surface area contributed by atoms with Crippen molar-refractivity contribution in [3.05, 3.63) is 70.0 Å². The first-order chi connectivity index (χ1) is 25.6. The Morgan fingerprint density at radius 2 is 1.68 bits per heavy atom. The van der Waals surface area contributed by atoms with Gasteiger partial charge in [-0.2, -0.15) is 5.10 Å². The number of pyridine rings is 1. The number of hydrogen-bond acceptors (Lipinski definition) is 10. The highest BCUT2D eigenvalue weighted by Gasteiger charge is 2.30. The van der Waals surface area contributed by atoms with E-state index in [1.807, 2.05) is 17.0 Å². The number of amides is 3. The number of methoxy groups -OCH3 is 2. The summed E-state index contributed by atoms with van der Waals surface area (Å²) in [7, 11) is 4.97. The van der Waals surface area contributed by atoms with Crippen molar-refractivity contribution in [3.63, 3.8) is 0 Å². The number of imide groups is 1. The number of H-pyrrole nitrogens is 1. The van der Waals surface area contributed by atoms with Crippen LogP contribution in [0.25, 0.3) is 22.0 Å². The number of hydrogen-bond donors (Lipinski definition) is 3. The molecule has 53 heavy (non-hydrogen) atoms. The van der Waals surface area contributed by atoms with Crippen molar-refractivity contribution in [2.45, 2.75) is 44.2 Å². The second-order valence-corrected chi connectivity index (χ2v) is 14.1. The average molecular weight is 729 g/mol. The predicted octanol–water partition coefficient (Wildman–Crippen LogP) is 2.83. The van der Waals surface area contributed by atoms with Crippen molar-refractivity contribution < 1.29 is 28.2 Å². The smallest absolute Gasteiger partial charge is 0.276 e. The fourth-order valence-electron chi connectivity index (χ4n) is 7.73. The van der Waals surface area contributed by atoms with Gasteiger partial charge < -0.3 is 24.3 Å². The van der Waals surface area contributed by atoms with E-state index in [0.29, 0.717) is 87.0 Å². The molecule has 1 atom stereocenters. The normalized spacial score (nSPS) is 19.0. The highest BCUT2D eigenvalue weighted by molar-refractivity contribution is 6.01. The van der Waals surface area contributed by atoms with E-state index in [-0.39, 0.29) is 35.5 Å². The van der Waals surface area contributed by atoms with Gasteiger partial charge in [0.1, 0.15) is 28.9 Å². The fraction of sp³-hybridized carbons (Fsp3) is 0.447. The number of halogens is 1. The highest BCUT2D eigenvalue weighted by Crippen LogP contribution is 2.38. The van der Waals surface area contributed by atoms with Crippen molar-refractivity contribution in [2.24, 2.45) is 7.05 Å². The lowest BCUT2D eigenvalue weighted by Gasteiger charge is -2.37. The number of aromatic amines is 1. The van der Waals surface area contributed by atoms with E-state index in [1.54, 1.807) is 45.8 Å². The molecule has 2 aromatic carbocycles. The Hall–Kier alpha value is -5.28. The number of piperidine rings is 2. The number of piperazine rings is 1. The molecule has 3 saturated heterocycles. The summed E-state index contributed by atoms with van der Waals surface area (Å²) < 4.78 is 28.4. The number of likely N-dealkylation sites (tertiary alicyclic amines) is 1. The van der Waals surface area contributed by atoms with Crippen molar-refractivity contribution in [1.82, 2.24) is 34.8 Å². The molecule has 1 unspecified atom stereocenters. The lowest BCUT2D eigenvalue weighted by atomic mass is 9.89. The molecule has 3 aliphatic rings. The monoisotopic (exact) mass is 728 g/mol. The largest absolute Gasteiger partial charge is 0.496 e. The van der Waals surface area contributed by atoms with Gasteiger partial charge in [0.25, 0.3) is 5.56 Å². The molecule has 4 aromatic rings. The Bertz CT molecular complexity index is 2060. The zero-order chi connectivity index (χ0) is 37.2. The molecule has 3 aliphatic heterocycles. The summed E-state index contributed by atoms with van der Waals surface area (Å²) in [5.41, 5.74) is 4.01. The molecule has 3 N–H and O–H groups in total. The minimum Gasteiger partial charge on any atom is -0.496 e. The maximum absolute atomic E-state index is 15.2. The van der Waals surface area contributed by atoms with Crippen LogP contribution in [0.4, 0.5) is 10.1 Å². The van der Waals surface area contributed by atoms with E-state index in [4.69, 9.17) is 9.47 Å². The Morgan fingerprint density at radius 1 is 0.962 bits per heavy atom. The summed E-state index contributed by atoms with van der Waals surface area (Å²) in [5.74, 6) is 0.487. The van der Waals surface area contributed by atoms with Gasteiger partial charge in [0, 0.05) is 69.0 Å². The van der Waals surface area contributed by atoms with Gasteiger partial charge in [-0.25, -0.2) is 4.39 Å². The second-order valence-electron chi connectivity index (χ2n) is 14.1. The molecule has 15 heteroatoms. The summed E-state index contributed by atoms with van der Waals surface area (Å²) in [6.45, 7) is 4.94. The van der Waals surface area contributed by atoms with Gasteiger partial charge in [0.2, 0.25) is 17.7 Å². The molecule has 5 heterocycles. The standard InChI is InChI=1S/C38H45FN8O6/c1-44-20-28(27-19-40-43-36(27)38(44)51)24-16-32(52-2)29(33(17-24)53-3)21-46-12-14-47(15-13-46)35(49)22-45-10-8-23(9-11-45)26-5-4-25(18-30(26)39)41-31-6-7-34(48)42-37(31)50/h4-5,16-20,23,31,41H,6-15,21-22H2,1-3H3,(H,40,43)(H,42,48,50). The van der Waals surface area contributed by atoms with Gasteiger partial charge >= 0.3 is 0 Å². The molecular weight excluding hydrogens is 683 g/mol. The van der Waals surface area contributed by atoms with Crippen LogP contribution in [0.2, 0.25) is 0 Å². The molecule has 0 bridgehead atoms. The quantitative estimate of drug-likeness (QED) is 0.208. The number of nitrogens with one attached hydrogen (secondary N) is 3. The SMILES string of the molecule is COc1cc(-c2cn(C)c(=O)c3[nH]ncc23)cc(OC)c1CN1CCN(C(=O)CN2CCC(c3ccc(NC4CCC(=O)NC4=O)cc3F)CC2)CC1. The van der Waals surface area contributed by atoms with Crippen LogP contribution in [0.15, 0.2) is 47.5 Å². The zero-order valence-electron chi connectivity index (χ0n) is 30.2. The molecule has 3 amide bonds. The third-order valence-corrected chi connectivity index (χ3v) is 10.8. The predicted molar refractivity (Wildman–Crippen MR) is 196 cm³/mol. The summed E-state index contributed by atoms with van der Waals surface area (Å²) in [6, 6.07) is 8.33. The van der Waals surface area contributed by atoms with Gasteiger partial charge in [-0.3, -0.25) is 39.4 Å². The maximum Gasteiger partial charge on any atom is 0.276 e. The van der Waals surface area contributed by atoms with Crippen molar-refractivity contribution in [1.29, 1.82) is 0 Å². The van der Waals surface area contributed by atoms with Crippen LogP contribution < -0.4 is 25.7 Å². The van der Waals surface area contributed by atoms with Crippen LogP contribution in [0.5, 0.6) is 11.5 Å². The lowest BCUT2D eigenvalue weighted by Crippen LogP contribution is -2.51. The number of anilines is 1. The molecule has 0 radical (unpaired) electrons. The third-order valence-electron chi connectivity index (χ3n) is 10.8. The van der Waals surface area contributed by atoms with Gasteiger partial charge in [0.15, 0.2) is 0 Å². The number of carbonyl (C=O) groups is 3. The lowest BCUT2D eigenvalue weighted by molar-refractivity contribution is -0.135. The topological polar surface area (TPSA) is 154 Å². The van der Waals surface area contributed by atoms with Crippen LogP contribution >= 0.6 is 0 Å². The number of benzene rings is 2. The molecule has 3 fully saturated rings. The number of aromatic nitrogens is 3. The van der Waals surface area contributed by atoms with Crippen LogP contribution in [0, 0.1) is 5.82 Å². The van der Waals surface area contributed by atoms with Crippen LogP contribution in [-0.2, 0) is 28.0 Å². The summed E-state index contributed by atoms with van der Waals surface area (Å²) in [5, 5.41) is 13.0. The van der Waals surface area contributed by atoms with Gasteiger partial charge in [-0.15, -0.1) is 0 Å². The summed E-state index contributed by atoms with van der Waals surface area (Å²) in [4.78, 5) is 55.8. The van der Waals surface area contributed by atoms with Crippen molar-refractivity contribution >= 4 is 34.3 Å². The molecule has 2 aromatic heterocycles. The molecule has 0 aliphatic carbocycles. The first-order valence-corrected chi connectivity index (χ1v) is 18.0. The van der Waals surface area contributed by atoms with E-state index in [9.17, 15) is 19.2 Å². The number of aryl methyl sites for hydroxylation is 1. The van der Waals surface area contributed by atoms with Crippen molar-refractivity contribution in [3.8, 4) is 22.6 Å². The summed E-state index contributed by atoms with van der Waals surface area (Å²) >= 11 is 0. The third kappa shape index (κ3) is 7.62. The maximum atomic E-state index is 15.2. The van der Waals surface area contributed by atoms with Gasteiger partial charge in [0.05, 0.1) is 32.5 Å². The minimum absolute atomic E-state index is 0.0469. The van der Waals surface area contributed by atoms with E-state index in [1.165, 1.54) is 10.6 Å². The van der Waals surface area contributed by atoms with E-state index in [0.717, 1.165) is 34.9 Å². The fourth-order valence-corrected chi connectivity index (χ4v) is 7.73. The molecule has 280 valence electrons. The number of carbonyl (C=O) groups excluding carboxylic acids is 3. The van der Waals surface area contributed by atoms with Gasteiger partial charge in [-0.1, -0.05) is 6.07 Å². The number of rotatable bonds is 10. The number of ether oxygens (including phenoxy) is 2. The molecular formula is C38H45FN8O6. The number of fused-ring (bicyclic) bond motifs is 1. The van der Waals surface area contributed by atoms with Crippen LogP contribution in [0.1, 0.15) is 42.7 Å². The van der Waals surface area contributed by atoms with Crippen LogP contribution in [0.3, 0.4) is 0 Å². The Morgan fingerprint density at radius 3 is 2.34 bits per heavy atom. The zero-order valence-corrected chi connectivity index (χ0v) is 30.2. The number of nitrogens with zero attached hydrogens (tertiary/aromatic N) is 5. The van der Waals surface area contributed by atoms with Crippen LogP contribution in [-0.4, -0.2) is 113 Å². The van der Waals surface area contributed by atoms with E-state index < -0.39 is 11.9 Å². The van der Waals surface area contributed by atoms with Gasteiger partial charge in [-0.05, 0) is 73.7 Å². The van der Waals surface area contributed by atoms with Crippen molar-refractivity contribution in [2.75, 3.05) is 65.3 Å². The second kappa shape index (κ2) is 15.4. The van der Waals surface area contributed by atoms with E-state index in [2.05, 4.69) is 30.6 Å². The highest BCUT2D eigenvalue weighted by atomic mass is 19.1. The molecule has 14 nitrogen and oxygen atoms in total. The summed E-state index contributed by atoms with van der Waals surface area (Å²) in [6.07, 6.45) is 5.55. The minimum atomic E-state index is -0.568. The Kier molecular flexibility index (Phi) is 10.5. The first kappa shape index (κ1) is 36.1. The van der Waals surface area contributed by atoms with E-state index >= 15 is 4.39 Å². The Labute approximate surface area is 306 Å². The Balaban J connectivity index is 0.910.